The second-order valence-electron chi connectivity index (χ2n) is 6.83. The van der Waals surface area contributed by atoms with E-state index >= 15 is 0 Å². The van der Waals surface area contributed by atoms with Crippen LogP contribution in [0.1, 0.15) is 58.3 Å². The summed E-state index contributed by atoms with van der Waals surface area (Å²) in [6, 6.07) is -0.350. The zero-order valence-electron chi connectivity index (χ0n) is 13.5. The first-order valence-corrected chi connectivity index (χ1v) is 9.87. The molecule has 0 spiro atoms. The van der Waals surface area contributed by atoms with Gasteiger partial charge in [0.15, 0.2) is 0 Å². The highest BCUT2D eigenvalue weighted by Gasteiger charge is 2.48. The highest BCUT2D eigenvalue weighted by atomic mass is 32.2. The minimum atomic E-state index is -0.350. The summed E-state index contributed by atoms with van der Waals surface area (Å²) in [6.45, 7) is 2.45. The summed E-state index contributed by atoms with van der Waals surface area (Å²) in [5.74, 6) is 1.46. The van der Waals surface area contributed by atoms with Crippen molar-refractivity contribution in [2.75, 3.05) is 12.4 Å². The number of carbonyl (C=O) groups excluding carboxylic acids is 2. The van der Waals surface area contributed by atoms with Gasteiger partial charge in [0.05, 0.1) is 12.0 Å². The van der Waals surface area contributed by atoms with Gasteiger partial charge in [0.2, 0.25) is 5.91 Å². The van der Waals surface area contributed by atoms with Crippen molar-refractivity contribution < 1.29 is 14.3 Å². The molecule has 1 saturated heterocycles. The summed E-state index contributed by atoms with van der Waals surface area (Å²) in [7, 11) is 0. The quantitative estimate of drug-likeness (QED) is 0.728. The van der Waals surface area contributed by atoms with Crippen LogP contribution in [0.15, 0.2) is 0 Å². The Morgan fingerprint density at radius 1 is 1.14 bits per heavy atom. The van der Waals surface area contributed by atoms with E-state index in [9.17, 15) is 9.59 Å². The van der Waals surface area contributed by atoms with Gasteiger partial charge in [-0.1, -0.05) is 26.2 Å². The number of esters is 1. The van der Waals surface area contributed by atoms with Crippen molar-refractivity contribution in [3.63, 3.8) is 0 Å². The molecule has 4 nitrogen and oxygen atoms in total. The van der Waals surface area contributed by atoms with E-state index in [0.717, 1.165) is 19.3 Å². The Morgan fingerprint density at radius 3 is 2.50 bits per heavy atom. The monoisotopic (exact) mass is 325 g/mol. The topological polar surface area (TPSA) is 46.6 Å². The third-order valence-electron chi connectivity index (χ3n) is 4.99. The lowest BCUT2D eigenvalue weighted by atomic mass is 9.88. The Hall–Kier alpha value is -0.710. The minimum absolute atomic E-state index is 0.172. The molecular weight excluding hydrogens is 298 g/mol. The van der Waals surface area contributed by atoms with E-state index < -0.39 is 0 Å². The molecule has 1 aliphatic heterocycles. The molecule has 3 rings (SSSR count). The maximum atomic E-state index is 12.8. The third-order valence-corrected chi connectivity index (χ3v) is 6.45. The number of amides is 1. The van der Waals surface area contributed by atoms with Crippen LogP contribution in [-0.4, -0.2) is 40.6 Å². The summed E-state index contributed by atoms with van der Waals surface area (Å²) >= 11 is 1.80. The molecule has 2 unspecified atom stereocenters. The van der Waals surface area contributed by atoms with Crippen LogP contribution in [0, 0.1) is 11.8 Å². The molecule has 2 saturated carbocycles. The number of nitrogens with zero attached hydrogens (tertiary/aromatic N) is 1. The van der Waals surface area contributed by atoms with Crippen LogP contribution in [0.2, 0.25) is 0 Å². The number of ether oxygens (including phenoxy) is 1. The maximum Gasteiger partial charge on any atom is 0.329 e. The van der Waals surface area contributed by atoms with Crippen LogP contribution in [0.5, 0.6) is 0 Å². The van der Waals surface area contributed by atoms with Crippen LogP contribution in [-0.2, 0) is 14.3 Å². The molecule has 0 bridgehead atoms. The van der Waals surface area contributed by atoms with Crippen LogP contribution < -0.4 is 0 Å². The molecule has 22 heavy (non-hydrogen) atoms. The van der Waals surface area contributed by atoms with E-state index in [1.807, 2.05) is 11.8 Å². The van der Waals surface area contributed by atoms with E-state index in [-0.39, 0.29) is 29.2 Å². The molecule has 0 N–H and O–H groups in total. The maximum absolute atomic E-state index is 12.8. The first-order valence-electron chi connectivity index (χ1n) is 8.82. The molecule has 5 heteroatoms. The van der Waals surface area contributed by atoms with Crippen molar-refractivity contribution >= 4 is 23.6 Å². The fourth-order valence-corrected chi connectivity index (χ4v) is 5.24. The Balaban J connectivity index is 1.72. The van der Waals surface area contributed by atoms with Crippen LogP contribution >= 0.6 is 11.8 Å². The number of rotatable bonds is 5. The second kappa shape index (κ2) is 7.24. The molecule has 2 aliphatic carbocycles. The summed E-state index contributed by atoms with van der Waals surface area (Å²) < 4.78 is 5.35. The number of carbonyl (C=O) groups is 2. The molecule has 0 aromatic carbocycles. The van der Waals surface area contributed by atoms with Crippen LogP contribution in [0.4, 0.5) is 0 Å². The standard InChI is InChI=1S/C17H27NO3S/c1-2-10-21-17(20)14-11-22-16(13-6-4-3-5-7-13)18(14)15(19)12-8-9-12/h12-14,16H,2-11H2,1H3. The Kier molecular flexibility index (Phi) is 5.32. The molecule has 1 amide bonds. The van der Waals surface area contributed by atoms with Crippen molar-refractivity contribution in [3.05, 3.63) is 0 Å². The minimum Gasteiger partial charge on any atom is -0.464 e. The summed E-state index contributed by atoms with van der Waals surface area (Å²) in [5, 5.41) is 0.201. The van der Waals surface area contributed by atoms with Gasteiger partial charge in [-0.3, -0.25) is 4.79 Å². The fourth-order valence-electron chi connectivity index (χ4n) is 3.61. The van der Waals surface area contributed by atoms with Gasteiger partial charge in [-0.05, 0) is 38.0 Å². The third kappa shape index (κ3) is 3.44. The first kappa shape index (κ1) is 16.2. The number of hydrogen-bond donors (Lipinski definition) is 0. The van der Waals surface area contributed by atoms with Gasteiger partial charge in [-0.25, -0.2) is 4.79 Å². The Morgan fingerprint density at radius 2 is 1.86 bits per heavy atom. The van der Waals surface area contributed by atoms with E-state index in [1.54, 1.807) is 11.8 Å². The van der Waals surface area contributed by atoms with Gasteiger partial charge in [-0.15, -0.1) is 11.8 Å². The predicted molar refractivity (Wildman–Crippen MR) is 87.4 cm³/mol. The highest BCUT2D eigenvalue weighted by molar-refractivity contribution is 8.00. The van der Waals surface area contributed by atoms with Crippen molar-refractivity contribution in [2.24, 2.45) is 11.8 Å². The summed E-state index contributed by atoms with van der Waals surface area (Å²) in [5.41, 5.74) is 0. The molecule has 0 radical (unpaired) electrons. The van der Waals surface area contributed by atoms with Crippen molar-refractivity contribution in [1.82, 2.24) is 4.90 Å². The largest absolute Gasteiger partial charge is 0.464 e. The van der Waals surface area contributed by atoms with Gasteiger partial charge >= 0.3 is 5.97 Å². The van der Waals surface area contributed by atoms with Gasteiger partial charge < -0.3 is 9.64 Å². The van der Waals surface area contributed by atoms with Crippen LogP contribution in [0.3, 0.4) is 0 Å². The first-order chi connectivity index (χ1) is 10.7. The van der Waals surface area contributed by atoms with Gasteiger partial charge in [0.1, 0.15) is 6.04 Å². The van der Waals surface area contributed by atoms with E-state index in [0.29, 0.717) is 18.3 Å². The molecule has 1 heterocycles. The summed E-state index contributed by atoms with van der Waals surface area (Å²) in [6.07, 6.45) is 9.05. The zero-order chi connectivity index (χ0) is 15.5. The molecule has 2 atom stereocenters. The van der Waals surface area contributed by atoms with Crippen molar-refractivity contribution in [3.8, 4) is 0 Å². The Labute approximate surface area is 137 Å². The molecule has 0 aromatic heterocycles. The van der Waals surface area contributed by atoms with E-state index in [2.05, 4.69) is 0 Å². The average molecular weight is 325 g/mol. The predicted octanol–water partition coefficient (Wildman–Crippen LogP) is 3.20. The highest BCUT2D eigenvalue weighted by Crippen LogP contribution is 2.43. The Bertz CT molecular complexity index is 418. The molecule has 124 valence electrons. The van der Waals surface area contributed by atoms with E-state index in [1.165, 1.54) is 32.1 Å². The van der Waals surface area contributed by atoms with E-state index in [4.69, 9.17) is 4.74 Å². The molecule has 3 fully saturated rings. The fraction of sp³-hybridized carbons (Fsp3) is 0.882. The second-order valence-corrected chi connectivity index (χ2v) is 7.97. The SMILES string of the molecule is CCCOC(=O)C1CSC(C2CCCCC2)N1C(=O)C1CC1. The van der Waals surface area contributed by atoms with Crippen LogP contribution in [0.25, 0.3) is 0 Å². The average Bonchev–Trinajstić information content (AvgIpc) is 3.31. The molecule has 0 aromatic rings. The van der Waals surface area contributed by atoms with Gasteiger partial charge in [0, 0.05) is 11.7 Å². The lowest BCUT2D eigenvalue weighted by Gasteiger charge is -2.35. The normalized spacial score (nSPS) is 29.6. The molecule has 3 aliphatic rings. The number of thioether (sulfide) groups is 1. The zero-order valence-corrected chi connectivity index (χ0v) is 14.3. The smallest absolute Gasteiger partial charge is 0.329 e. The number of hydrogen-bond acceptors (Lipinski definition) is 4. The molecular formula is C17H27NO3S. The lowest BCUT2D eigenvalue weighted by Crippen LogP contribution is -2.49. The van der Waals surface area contributed by atoms with Gasteiger partial charge in [0.25, 0.3) is 0 Å². The van der Waals surface area contributed by atoms with Crippen molar-refractivity contribution in [2.45, 2.75) is 69.7 Å². The van der Waals surface area contributed by atoms with Gasteiger partial charge in [-0.2, -0.15) is 0 Å². The van der Waals surface area contributed by atoms with Crippen molar-refractivity contribution in [1.29, 1.82) is 0 Å². The lowest BCUT2D eigenvalue weighted by molar-refractivity contribution is -0.155. The summed E-state index contributed by atoms with van der Waals surface area (Å²) in [4.78, 5) is 27.0.